The normalized spacial score (nSPS) is 14.1. The van der Waals surface area contributed by atoms with Gasteiger partial charge in [-0.2, -0.15) is 10.2 Å². The number of ketones is 1. The Morgan fingerprint density at radius 2 is 1.57 bits per heavy atom. The molecule has 230 valence electrons. The number of benzene rings is 3. The molecule has 0 fully saturated rings. The van der Waals surface area contributed by atoms with Gasteiger partial charge in [-0.15, -0.1) is 5.10 Å². The molecule has 0 amide bonds. The summed E-state index contributed by atoms with van der Waals surface area (Å²) < 4.78 is 34.4. The van der Waals surface area contributed by atoms with Crippen molar-refractivity contribution < 1.29 is 96.8 Å². The Labute approximate surface area is 311 Å². The molecule has 0 aliphatic heterocycles. The summed E-state index contributed by atoms with van der Waals surface area (Å²) in [7, 11) is -5.03. The summed E-state index contributed by atoms with van der Waals surface area (Å²) in [6, 6.07) is 6.98. The maximum absolute atomic E-state index is 13.2. The number of carbonyl (C=O) groups is 2. The van der Waals surface area contributed by atoms with Gasteiger partial charge in [0.1, 0.15) is 21.2 Å². The van der Waals surface area contributed by atoms with E-state index in [1.54, 1.807) is 0 Å². The standard InChI is InChI=1S/C25H16ClN7O11S.2Na/c26-16-8-14(45(42,43)44)9-17(22(16)35)30-31-19-10-18(29-28-12-3-6-20(34)15(7-12)25(38)39)23(36)21(24(19)37)32-27-11-1-4-13(5-2-11)33(40)41;;/h1-10,27,30-31,35H,(H,38,39)(H,42,43,44);;/q;2*+1/p-2/b28-12+,29-18+,32-21+;;. The number of carboxylic acids is 1. The number of nitrogens with one attached hydrogen (secondary N) is 3. The fraction of sp³-hybridized carbons (Fsp3) is 0. The van der Waals surface area contributed by atoms with Crippen LogP contribution >= 0.6 is 11.6 Å². The van der Waals surface area contributed by atoms with Gasteiger partial charge < -0.3 is 19.6 Å². The van der Waals surface area contributed by atoms with E-state index < -0.39 is 81.0 Å². The van der Waals surface area contributed by atoms with Crippen LogP contribution in [0.1, 0.15) is 0 Å². The molecule has 3 aromatic carbocycles. The number of phenolic OH excluding ortho intramolecular Hbond substituents is 1. The number of allylic oxidation sites excluding steroid dienone is 3. The first-order chi connectivity index (χ1) is 21.1. The van der Waals surface area contributed by atoms with Crippen LogP contribution in [0.4, 0.5) is 22.7 Å². The Hall–Kier alpha value is -4.05. The van der Waals surface area contributed by atoms with Crippen molar-refractivity contribution in [3.63, 3.8) is 0 Å². The number of non-ortho nitro benzene ring substituents is 1. The third-order valence-corrected chi connectivity index (χ3v) is 6.78. The number of nitro benzene ring substituents is 1. The third kappa shape index (κ3) is 9.50. The minimum absolute atomic E-state index is 0. The molecule has 4 N–H and O–H groups in total. The summed E-state index contributed by atoms with van der Waals surface area (Å²) >= 11 is 5.80. The molecule has 0 radical (unpaired) electrons. The van der Waals surface area contributed by atoms with Gasteiger partial charge in [-0.25, -0.2) is 8.42 Å². The van der Waals surface area contributed by atoms with Crippen LogP contribution in [0.2, 0.25) is 5.02 Å². The van der Waals surface area contributed by atoms with Gasteiger partial charge in [0.25, 0.3) is 5.69 Å². The first-order valence-electron chi connectivity index (χ1n) is 11.9. The van der Waals surface area contributed by atoms with Crippen molar-refractivity contribution in [3.05, 3.63) is 113 Å². The molecular weight excluding hydrogens is 688 g/mol. The second-order valence-electron chi connectivity index (χ2n) is 8.65. The molecule has 47 heavy (non-hydrogen) atoms. The molecule has 0 saturated carbocycles. The van der Waals surface area contributed by atoms with E-state index >= 15 is 0 Å². The average Bonchev–Trinajstić information content (AvgIpc) is 2.98. The molecular formula is C25H14ClN7Na2O11S. The molecule has 0 heterocycles. The molecule has 3 aromatic rings. The predicted molar refractivity (Wildman–Crippen MR) is 152 cm³/mol. The summed E-state index contributed by atoms with van der Waals surface area (Å²) in [5.41, 5.74) is 2.80. The average molecular weight is 702 g/mol. The predicted octanol–water partition coefficient (Wildman–Crippen LogP) is -7.10. The molecule has 18 nitrogen and oxygen atoms in total. The van der Waals surface area contributed by atoms with Gasteiger partial charge in [-0.3, -0.25) is 40.8 Å². The van der Waals surface area contributed by atoms with E-state index in [0.29, 0.717) is 12.1 Å². The molecule has 1 aliphatic carbocycles. The molecule has 22 heteroatoms. The van der Waals surface area contributed by atoms with E-state index in [0.717, 1.165) is 36.4 Å². The van der Waals surface area contributed by atoms with E-state index in [-0.39, 0.29) is 76.2 Å². The number of hydrogen-bond acceptors (Lipinski definition) is 17. The van der Waals surface area contributed by atoms with Crippen LogP contribution < -0.4 is 102 Å². The van der Waals surface area contributed by atoms with Gasteiger partial charge in [0, 0.05) is 17.7 Å². The quantitative estimate of drug-likeness (QED) is 0.0307. The SMILES string of the molecule is O=C([O-])C1=C/C(=N/N=c2\cc(NNc3cc(S(=O)(=O)[O-])cc(Cl)c3O)c(=O)/c(=N/Nc3ccc([N+](=O)[O-])cc3)c2=O)C=CC1=O.[Na+].[Na+]. The first kappa shape index (κ1) is 39.1. The second-order valence-corrected chi connectivity index (χ2v) is 10.4. The Morgan fingerprint density at radius 3 is 2.17 bits per heavy atom. The zero-order valence-corrected chi connectivity index (χ0v) is 29.5. The third-order valence-electron chi connectivity index (χ3n) is 5.68. The van der Waals surface area contributed by atoms with Crippen molar-refractivity contribution in [2.75, 3.05) is 16.3 Å². The van der Waals surface area contributed by atoms with Crippen molar-refractivity contribution in [1.29, 1.82) is 0 Å². The van der Waals surface area contributed by atoms with Gasteiger partial charge >= 0.3 is 59.1 Å². The van der Waals surface area contributed by atoms with Crippen molar-refractivity contribution >= 4 is 61.9 Å². The van der Waals surface area contributed by atoms with Gasteiger partial charge in [-0.1, -0.05) is 11.6 Å². The van der Waals surface area contributed by atoms with E-state index in [2.05, 4.69) is 31.6 Å². The summed E-state index contributed by atoms with van der Waals surface area (Å²) in [4.78, 5) is 58.6. The van der Waals surface area contributed by atoms with Crippen molar-refractivity contribution in [2.45, 2.75) is 4.90 Å². The number of carboxylic acid groups (broad SMARTS) is 1. The molecule has 0 unspecified atom stereocenters. The summed E-state index contributed by atoms with van der Waals surface area (Å²) in [6.45, 7) is 0. The van der Waals surface area contributed by atoms with Crippen LogP contribution in [0.25, 0.3) is 0 Å². The zero-order valence-electron chi connectivity index (χ0n) is 23.9. The minimum Gasteiger partial charge on any atom is -0.744 e. The topological polar surface area (TPSA) is 285 Å². The van der Waals surface area contributed by atoms with Crippen LogP contribution in [-0.4, -0.2) is 40.5 Å². The molecule has 0 bridgehead atoms. The molecule has 0 atom stereocenters. The number of carbonyl (C=O) groups excluding carboxylic acids is 2. The van der Waals surface area contributed by atoms with Crippen LogP contribution in [0.3, 0.4) is 0 Å². The van der Waals surface area contributed by atoms with E-state index in [1.807, 2.05) is 0 Å². The van der Waals surface area contributed by atoms with E-state index in [4.69, 9.17) is 11.6 Å². The number of nitrogens with zero attached hydrogens (tertiary/aromatic N) is 4. The zero-order chi connectivity index (χ0) is 33.1. The molecule has 0 aromatic heterocycles. The van der Waals surface area contributed by atoms with Crippen LogP contribution in [0.15, 0.2) is 96.1 Å². The summed E-state index contributed by atoms with van der Waals surface area (Å²) in [5, 5.41) is 41.6. The number of aromatic hydroxyl groups is 1. The summed E-state index contributed by atoms with van der Waals surface area (Å²) in [5.74, 6) is -3.38. The maximum Gasteiger partial charge on any atom is 1.00 e. The number of hydrogen-bond donors (Lipinski definition) is 4. The van der Waals surface area contributed by atoms with Crippen LogP contribution in [0, 0.1) is 10.1 Å². The largest absolute Gasteiger partial charge is 1.00 e. The smallest absolute Gasteiger partial charge is 0.744 e. The van der Waals surface area contributed by atoms with Crippen LogP contribution in [0.5, 0.6) is 5.75 Å². The maximum atomic E-state index is 13.2. The first-order valence-corrected chi connectivity index (χ1v) is 13.6. The Kier molecular flexibility index (Phi) is 13.5. The monoisotopic (exact) mass is 701 g/mol. The van der Waals surface area contributed by atoms with Gasteiger partial charge in [-0.05, 0) is 48.6 Å². The Morgan fingerprint density at radius 1 is 0.936 bits per heavy atom. The fourth-order valence-electron chi connectivity index (χ4n) is 3.47. The molecule has 0 spiro atoms. The Balaban J connectivity index is 0.00000384. The van der Waals surface area contributed by atoms with Crippen molar-refractivity contribution in [3.8, 4) is 5.75 Å². The van der Waals surface area contributed by atoms with Crippen molar-refractivity contribution in [2.24, 2.45) is 15.3 Å². The summed E-state index contributed by atoms with van der Waals surface area (Å²) in [6.07, 6.45) is 2.80. The Bertz CT molecular complexity index is 2220. The van der Waals surface area contributed by atoms with Crippen LogP contribution in [-0.2, 0) is 19.7 Å². The van der Waals surface area contributed by atoms with E-state index in [1.165, 1.54) is 12.1 Å². The number of rotatable bonds is 9. The number of halogens is 1. The second kappa shape index (κ2) is 16.2. The fourth-order valence-corrected chi connectivity index (χ4v) is 4.27. The van der Waals surface area contributed by atoms with E-state index in [9.17, 15) is 52.5 Å². The van der Waals surface area contributed by atoms with Gasteiger partial charge in [0.2, 0.25) is 10.9 Å². The van der Waals surface area contributed by atoms with Gasteiger partial charge in [0.15, 0.2) is 16.9 Å². The number of anilines is 3. The number of nitro groups is 1. The number of phenols is 1. The van der Waals surface area contributed by atoms with Crippen molar-refractivity contribution in [1.82, 2.24) is 0 Å². The minimum atomic E-state index is -5.03. The number of aliphatic carboxylic acids is 1. The number of hydrazine groups is 1. The van der Waals surface area contributed by atoms with Gasteiger partial charge in [0.05, 0.1) is 37.9 Å². The molecule has 4 rings (SSSR count). The molecule has 0 saturated heterocycles. The molecule has 1 aliphatic rings.